The molecule has 0 aliphatic rings. The standard InChI is InChI=1S/C17H18N4O2/c1-4-16-20-15(9-23-16)17(22)19-13-5-7-14(8-6-13)21-10-18-11(2)12(21)3/h5-10H,4H2,1-3H3,(H,19,22). The van der Waals surface area contributed by atoms with Crippen LogP contribution in [0.4, 0.5) is 5.69 Å². The number of carbonyl (C=O) groups is 1. The molecule has 3 aromatic rings. The van der Waals surface area contributed by atoms with Gasteiger partial charge in [0, 0.05) is 23.5 Å². The van der Waals surface area contributed by atoms with E-state index in [4.69, 9.17) is 4.42 Å². The van der Waals surface area contributed by atoms with Crippen LogP contribution in [0.3, 0.4) is 0 Å². The third-order valence-electron chi connectivity index (χ3n) is 3.74. The molecule has 23 heavy (non-hydrogen) atoms. The minimum Gasteiger partial charge on any atom is -0.448 e. The minimum atomic E-state index is -0.282. The van der Waals surface area contributed by atoms with Crippen molar-refractivity contribution in [1.82, 2.24) is 14.5 Å². The van der Waals surface area contributed by atoms with Gasteiger partial charge < -0.3 is 14.3 Å². The van der Waals surface area contributed by atoms with Crippen LogP contribution >= 0.6 is 0 Å². The number of rotatable bonds is 4. The Morgan fingerprint density at radius 3 is 2.57 bits per heavy atom. The van der Waals surface area contributed by atoms with Crippen LogP contribution in [-0.2, 0) is 6.42 Å². The van der Waals surface area contributed by atoms with Gasteiger partial charge in [-0.05, 0) is 38.1 Å². The molecule has 0 aliphatic heterocycles. The van der Waals surface area contributed by atoms with Gasteiger partial charge in [0.1, 0.15) is 6.26 Å². The monoisotopic (exact) mass is 310 g/mol. The van der Waals surface area contributed by atoms with Crippen molar-refractivity contribution < 1.29 is 9.21 Å². The van der Waals surface area contributed by atoms with E-state index in [0.717, 1.165) is 17.1 Å². The van der Waals surface area contributed by atoms with Crippen LogP contribution in [0.2, 0.25) is 0 Å². The number of hydrogen-bond donors (Lipinski definition) is 1. The lowest BCUT2D eigenvalue weighted by Gasteiger charge is -2.07. The van der Waals surface area contributed by atoms with Crippen LogP contribution < -0.4 is 5.32 Å². The molecule has 118 valence electrons. The maximum atomic E-state index is 12.1. The van der Waals surface area contributed by atoms with Crippen LogP contribution in [0.15, 0.2) is 41.3 Å². The fourth-order valence-corrected chi connectivity index (χ4v) is 2.24. The smallest absolute Gasteiger partial charge is 0.277 e. The molecule has 0 saturated heterocycles. The molecule has 1 amide bonds. The Morgan fingerprint density at radius 1 is 1.26 bits per heavy atom. The number of nitrogens with one attached hydrogen (secondary N) is 1. The Morgan fingerprint density at radius 2 is 2.00 bits per heavy atom. The number of nitrogens with zero attached hydrogens (tertiary/aromatic N) is 3. The number of aromatic nitrogens is 3. The summed E-state index contributed by atoms with van der Waals surface area (Å²) < 4.78 is 7.19. The molecule has 0 bridgehead atoms. The molecule has 1 aromatic carbocycles. The second-order valence-electron chi connectivity index (χ2n) is 5.27. The summed E-state index contributed by atoms with van der Waals surface area (Å²) in [7, 11) is 0. The summed E-state index contributed by atoms with van der Waals surface area (Å²) in [5, 5.41) is 2.81. The van der Waals surface area contributed by atoms with Gasteiger partial charge in [0.25, 0.3) is 5.91 Å². The predicted octanol–water partition coefficient (Wildman–Crippen LogP) is 3.29. The first-order valence-corrected chi connectivity index (χ1v) is 7.45. The van der Waals surface area contributed by atoms with Crippen molar-refractivity contribution in [3.05, 3.63) is 59.8 Å². The van der Waals surface area contributed by atoms with Crippen molar-refractivity contribution in [2.45, 2.75) is 27.2 Å². The number of anilines is 1. The quantitative estimate of drug-likeness (QED) is 0.802. The molecule has 0 saturated carbocycles. The molecule has 0 fully saturated rings. The van der Waals surface area contributed by atoms with Crippen molar-refractivity contribution in [2.75, 3.05) is 5.32 Å². The first kappa shape index (κ1) is 15.0. The van der Waals surface area contributed by atoms with Gasteiger partial charge in [-0.25, -0.2) is 9.97 Å². The Balaban J connectivity index is 1.74. The Labute approximate surface area is 134 Å². The van der Waals surface area contributed by atoms with E-state index in [9.17, 15) is 4.79 Å². The number of oxazole rings is 1. The van der Waals surface area contributed by atoms with Crippen LogP contribution in [0, 0.1) is 13.8 Å². The average Bonchev–Trinajstić information content (AvgIpc) is 3.16. The van der Waals surface area contributed by atoms with Crippen molar-refractivity contribution in [3.63, 3.8) is 0 Å². The van der Waals surface area contributed by atoms with E-state index in [1.807, 2.05) is 49.6 Å². The highest BCUT2D eigenvalue weighted by atomic mass is 16.3. The van der Waals surface area contributed by atoms with Gasteiger partial charge in [-0.3, -0.25) is 4.79 Å². The third-order valence-corrected chi connectivity index (χ3v) is 3.74. The summed E-state index contributed by atoms with van der Waals surface area (Å²) in [5.41, 5.74) is 4.08. The fraction of sp³-hybridized carbons (Fsp3) is 0.235. The topological polar surface area (TPSA) is 73.0 Å². The average molecular weight is 310 g/mol. The Hall–Kier alpha value is -2.89. The highest BCUT2D eigenvalue weighted by molar-refractivity contribution is 6.02. The van der Waals surface area contributed by atoms with Crippen molar-refractivity contribution in [3.8, 4) is 5.69 Å². The van der Waals surface area contributed by atoms with E-state index < -0.39 is 0 Å². The van der Waals surface area contributed by atoms with E-state index in [2.05, 4.69) is 15.3 Å². The van der Waals surface area contributed by atoms with Crippen molar-refractivity contribution in [1.29, 1.82) is 0 Å². The van der Waals surface area contributed by atoms with Gasteiger partial charge >= 0.3 is 0 Å². The first-order valence-electron chi connectivity index (χ1n) is 7.45. The summed E-state index contributed by atoms with van der Waals surface area (Å²) in [4.78, 5) is 20.5. The van der Waals surface area contributed by atoms with Crippen LogP contribution in [0.1, 0.15) is 34.7 Å². The zero-order chi connectivity index (χ0) is 16.4. The van der Waals surface area contributed by atoms with Gasteiger partial charge in [0.15, 0.2) is 11.6 Å². The van der Waals surface area contributed by atoms with Gasteiger partial charge in [0.05, 0.1) is 12.0 Å². The molecule has 2 aromatic heterocycles. The summed E-state index contributed by atoms with van der Waals surface area (Å²) in [6.45, 7) is 5.92. The van der Waals surface area contributed by atoms with Gasteiger partial charge in [-0.2, -0.15) is 0 Å². The molecule has 0 aliphatic carbocycles. The molecule has 0 spiro atoms. The molecule has 1 N–H and O–H groups in total. The molecule has 6 heteroatoms. The number of benzene rings is 1. The third kappa shape index (κ3) is 3.01. The fourth-order valence-electron chi connectivity index (χ4n) is 2.24. The lowest BCUT2D eigenvalue weighted by Crippen LogP contribution is -2.12. The van der Waals surface area contributed by atoms with Crippen LogP contribution in [0.5, 0.6) is 0 Å². The molecule has 0 radical (unpaired) electrons. The molecular weight excluding hydrogens is 292 g/mol. The molecule has 6 nitrogen and oxygen atoms in total. The van der Waals surface area contributed by atoms with E-state index in [1.54, 1.807) is 6.33 Å². The largest absolute Gasteiger partial charge is 0.448 e. The number of hydrogen-bond acceptors (Lipinski definition) is 4. The summed E-state index contributed by atoms with van der Waals surface area (Å²) in [6, 6.07) is 7.57. The Kier molecular flexibility index (Phi) is 3.97. The Bertz CT molecular complexity index is 831. The van der Waals surface area contributed by atoms with Crippen LogP contribution in [-0.4, -0.2) is 20.4 Å². The zero-order valence-corrected chi connectivity index (χ0v) is 13.3. The predicted molar refractivity (Wildman–Crippen MR) is 86.9 cm³/mol. The molecule has 3 rings (SSSR count). The second-order valence-corrected chi connectivity index (χ2v) is 5.27. The number of carbonyl (C=O) groups excluding carboxylic acids is 1. The first-order chi connectivity index (χ1) is 11.1. The lowest BCUT2D eigenvalue weighted by molar-refractivity contribution is 0.102. The number of imidazole rings is 1. The molecular formula is C17H18N4O2. The van der Waals surface area contributed by atoms with Gasteiger partial charge in [-0.1, -0.05) is 6.92 Å². The highest BCUT2D eigenvalue weighted by Crippen LogP contribution is 2.17. The van der Waals surface area contributed by atoms with Gasteiger partial charge in [0.2, 0.25) is 0 Å². The molecule has 0 atom stereocenters. The van der Waals surface area contributed by atoms with E-state index in [1.165, 1.54) is 6.26 Å². The number of aryl methyl sites for hydroxylation is 2. The molecule has 0 unspecified atom stereocenters. The maximum Gasteiger partial charge on any atom is 0.277 e. The van der Waals surface area contributed by atoms with E-state index >= 15 is 0 Å². The SMILES string of the molecule is CCc1nc(C(=O)Nc2ccc(-n3cnc(C)c3C)cc2)co1. The van der Waals surface area contributed by atoms with E-state index in [-0.39, 0.29) is 11.6 Å². The van der Waals surface area contributed by atoms with E-state index in [0.29, 0.717) is 18.0 Å². The highest BCUT2D eigenvalue weighted by Gasteiger charge is 2.12. The van der Waals surface area contributed by atoms with Crippen molar-refractivity contribution >= 4 is 11.6 Å². The van der Waals surface area contributed by atoms with Gasteiger partial charge in [-0.15, -0.1) is 0 Å². The molecule has 2 heterocycles. The van der Waals surface area contributed by atoms with Crippen molar-refractivity contribution in [2.24, 2.45) is 0 Å². The summed E-state index contributed by atoms with van der Waals surface area (Å²) >= 11 is 0. The minimum absolute atomic E-state index is 0.282. The van der Waals surface area contributed by atoms with Crippen LogP contribution in [0.25, 0.3) is 5.69 Å². The maximum absolute atomic E-state index is 12.1. The summed E-state index contributed by atoms with van der Waals surface area (Å²) in [6.07, 6.45) is 3.83. The number of amides is 1. The normalized spacial score (nSPS) is 10.7. The lowest BCUT2D eigenvalue weighted by atomic mass is 10.2. The summed E-state index contributed by atoms with van der Waals surface area (Å²) in [5.74, 6) is 0.271. The zero-order valence-electron chi connectivity index (χ0n) is 13.3. The second kappa shape index (κ2) is 6.08.